The maximum atomic E-state index is 14.9. The fraction of sp³-hybridized carbons (Fsp3) is 0.391. The van der Waals surface area contributed by atoms with Gasteiger partial charge in [-0.15, -0.1) is 0 Å². The molecule has 0 radical (unpaired) electrons. The number of nitrogens with one attached hydrogen (secondary N) is 2. The molecule has 1 aromatic carbocycles. The van der Waals surface area contributed by atoms with Gasteiger partial charge in [0, 0.05) is 74.4 Å². The number of piperazine rings is 1. The minimum atomic E-state index is -5.08. The second-order valence-electron chi connectivity index (χ2n) is 8.61. The molecule has 0 atom stereocenters. The van der Waals surface area contributed by atoms with Crippen LogP contribution in [0.2, 0.25) is 0 Å². The Bertz CT molecular complexity index is 1340. The van der Waals surface area contributed by atoms with Gasteiger partial charge < -0.3 is 20.6 Å². The summed E-state index contributed by atoms with van der Waals surface area (Å²) in [6.07, 6.45) is -0.795. The number of aryl methyl sites for hydroxylation is 2. The highest BCUT2D eigenvalue weighted by Crippen LogP contribution is 2.35. The van der Waals surface area contributed by atoms with E-state index in [1.165, 1.54) is 0 Å². The van der Waals surface area contributed by atoms with Crippen molar-refractivity contribution in [2.24, 2.45) is 7.05 Å². The van der Waals surface area contributed by atoms with Crippen molar-refractivity contribution in [2.75, 3.05) is 47.8 Å². The van der Waals surface area contributed by atoms with Gasteiger partial charge in [-0.25, -0.2) is 19.0 Å². The number of pyridine rings is 1. The number of alkyl halides is 3. The van der Waals surface area contributed by atoms with E-state index in [1.54, 1.807) is 35.8 Å². The van der Waals surface area contributed by atoms with Crippen LogP contribution in [0.25, 0.3) is 10.9 Å². The predicted molar refractivity (Wildman–Crippen MR) is 128 cm³/mol. The van der Waals surface area contributed by atoms with Crippen molar-refractivity contribution in [1.29, 1.82) is 0 Å². The molecule has 0 saturated carbocycles. The molecule has 5 rings (SSSR count). The van der Waals surface area contributed by atoms with Crippen molar-refractivity contribution in [2.45, 2.75) is 19.5 Å². The Morgan fingerprint density at radius 3 is 2.51 bits per heavy atom. The van der Waals surface area contributed by atoms with E-state index in [1.807, 2.05) is 12.3 Å². The Balaban J connectivity index is 0.000000405. The lowest BCUT2D eigenvalue weighted by molar-refractivity contribution is -0.192. The summed E-state index contributed by atoms with van der Waals surface area (Å²) in [7, 11) is 1.79. The van der Waals surface area contributed by atoms with E-state index >= 15 is 0 Å². The van der Waals surface area contributed by atoms with Crippen LogP contribution in [-0.4, -0.2) is 70.8 Å². The number of fused-ring (bicyclic) bond motifs is 2. The molecule has 3 N–H and O–H groups in total. The molecule has 37 heavy (non-hydrogen) atoms. The van der Waals surface area contributed by atoms with Gasteiger partial charge in [-0.05, 0) is 25.5 Å². The molecule has 10 nitrogen and oxygen atoms in total. The first-order valence-electron chi connectivity index (χ1n) is 11.4. The zero-order valence-electron chi connectivity index (χ0n) is 20.1. The number of carbonyl (C=O) groups is 2. The monoisotopic (exact) mass is 523 g/mol. The lowest BCUT2D eigenvalue weighted by atomic mass is 10.1. The number of carboxylic acids is 1. The van der Waals surface area contributed by atoms with Crippen molar-refractivity contribution in [1.82, 2.24) is 20.1 Å². The number of hydrogen-bond donors (Lipinski definition) is 3. The molecule has 0 unspecified atom stereocenters. The molecule has 2 aliphatic heterocycles. The normalized spacial score (nSPS) is 15.3. The van der Waals surface area contributed by atoms with Crippen molar-refractivity contribution in [3.63, 3.8) is 0 Å². The smallest absolute Gasteiger partial charge is 0.475 e. The average Bonchev–Trinajstić information content (AvgIpc) is 3.46. The van der Waals surface area contributed by atoms with E-state index in [-0.39, 0.29) is 11.7 Å². The minimum absolute atomic E-state index is 0.157. The number of aromatic nitrogens is 3. The molecule has 4 heterocycles. The van der Waals surface area contributed by atoms with Crippen molar-refractivity contribution in [3.8, 4) is 0 Å². The number of anilines is 3. The van der Waals surface area contributed by atoms with E-state index in [2.05, 4.69) is 25.6 Å². The average molecular weight is 523 g/mol. The molecule has 1 fully saturated rings. The van der Waals surface area contributed by atoms with E-state index in [0.29, 0.717) is 23.4 Å². The van der Waals surface area contributed by atoms with Gasteiger partial charge in [0.15, 0.2) is 5.82 Å². The predicted octanol–water partition coefficient (Wildman–Crippen LogP) is 3.05. The standard InChI is InChI=1S/C21H24FN7O.C2HF3O2/c1-13-18(22)16(11-14-12-27(2)26-19(13)14)25-21(30)29-8-4-15-17(3-5-24-20(15)29)28-9-6-23-7-10-28;3-2(4,5)1(6)7/h3,5,11-12,23H,4,6-10H2,1-2H3,(H,25,30);(H,6,7). The molecule has 198 valence electrons. The molecule has 2 amide bonds. The van der Waals surface area contributed by atoms with E-state index in [0.717, 1.165) is 49.2 Å². The molecular weight excluding hydrogens is 498 g/mol. The fourth-order valence-electron chi connectivity index (χ4n) is 4.38. The molecular formula is C23H25F4N7O3. The Kier molecular flexibility index (Phi) is 7.21. The lowest BCUT2D eigenvalue weighted by Crippen LogP contribution is -2.43. The summed E-state index contributed by atoms with van der Waals surface area (Å²) in [6.45, 7) is 5.93. The first-order valence-corrected chi connectivity index (χ1v) is 11.4. The van der Waals surface area contributed by atoms with Crippen LogP contribution in [0.15, 0.2) is 24.5 Å². The Hall–Kier alpha value is -3.94. The van der Waals surface area contributed by atoms with Crippen LogP contribution in [0.3, 0.4) is 0 Å². The Morgan fingerprint density at radius 2 is 1.86 bits per heavy atom. The van der Waals surface area contributed by atoms with Crippen LogP contribution in [0.1, 0.15) is 11.1 Å². The zero-order valence-corrected chi connectivity index (χ0v) is 20.1. The summed E-state index contributed by atoms with van der Waals surface area (Å²) in [5, 5.41) is 18.3. The van der Waals surface area contributed by atoms with Crippen LogP contribution in [0, 0.1) is 12.7 Å². The summed E-state index contributed by atoms with van der Waals surface area (Å²) < 4.78 is 48.3. The van der Waals surface area contributed by atoms with Gasteiger partial charge in [-0.1, -0.05) is 0 Å². The summed E-state index contributed by atoms with van der Waals surface area (Å²) in [6, 6.07) is 3.27. The second-order valence-corrected chi connectivity index (χ2v) is 8.61. The minimum Gasteiger partial charge on any atom is -0.475 e. The van der Waals surface area contributed by atoms with Gasteiger partial charge in [0.05, 0.1) is 11.2 Å². The Morgan fingerprint density at radius 1 is 1.19 bits per heavy atom. The van der Waals surface area contributed by atoms with Gasteiger partial charge in [0.2, 0.25) is 0 Å². The molecule has 1 saturated heterocycles. The van der Waals surface area contributed by atoms with E-state index in [9.17, 15) is 22.4 Å². The third-order valence-electron chi connectivity index (χ3n) is 6.11. The largest absolute Gasteiger partial charge is 0.490 e. The molecule has 0 aliphatic carbocycles. The number of halogens is 4. The Labute approximate surface area is 208 Å². The summed E-state index contributed by atoms with van der Waals surface area (Å²) >= 11 is 0. The number of urea groups is 1. The number of benzene rings is 1. The number of amides is 2. The molecule has 14 heteroatoms. The third-order valence-corrected chi connectivity index (χ3v) is 6.11. The zero-order chi connectivity index (χ0) is 26.9. The van der Waals surface area contributed by atoms with E-state index in [4.69, 9.17) is 9.90 Å². The topological polar surface area (TPSA) is 116 Å². The van der Waals surface area contributed by atoms with Gasteiger partial charge >= 0.3 is 18.2 Å². The third kappa shape index (κ3) is 5.43. The highest BCUT2D eigenvalue weighted by Gasteiger charge is 2.38. The van der Waals surface area contributed by atoms with Gasteiger partial charge in [0.1, 0.15) is 5.82 Å². The molecule has 3 aromatic rings. The van der Waals surface area contributed by atoms with Crippen LogP contribution in [-0.2, 0) is 18.3 Å². The number of nitrogens with zero attached hydrogens (tertiary/aromatic N) is 5. The fourth-order valence-corrected chi connectivity index (χ4v) is 4.38. The first-order chi connectivity index (χ1) is 17.5. The lowest BCUT2D eigenvalue weighted by Gasteiger charge is -2.31. The van der Waals surface area contributed by atoms with Crippen LogP contribution < -0.4 is 20.4 Å². The summed E-state index contributed by atoms with van der Waals surface area (Å²) in [4.78, 5) is 30.3. The first kappa shape index (κ1) is 26.1. The molecule has 0 spiro atoms. The SMILES string of the molecule is Cc1c(F)c(NC(=O)N2CCc3c(N4CCNCC4)ccnc32)cc2cn(C)nc12.O=C(O)C(F)(F)F. The van der Waals surface area contributed by atoms with Crippen molar-refractivity contribution in [3.05, 3.63) is 41.5 Å². The highest BCUT2D eigenvalue weighted by atomic mass is 19.4. The number of rotatable bonds is 2. The second kappa shape index (κ2) is 10.2. The summed E-state index contributed by atoms with van der Waals surface area (Å²) in [5.74, 6) is -2.56. The van der Waals surface area contributed by atoms with Gasteiger partial charge in [0.25, 0.3) is 0 Å². The maximum absolute atomic E-state index is 14.9. The van der Waals surface area contributed by atoms with E-state index < -0.39 is 18.0 Å². The van der Waals surface area contributed by atoms with Crippen LogP contribution in [0.5, 0.6) is 0 Å². The number of carbonyl (C=O) groups excluding carboxylic acids is 1. The number of aliphatic carboxylic acids is 1. The molecule has 2 aliphatic rings. The molecule has 0 bridgehead atoms. The highest BCUT2D eigenvalue weighted by molar-refractivity contribution is 6.04. The number of carboxylic acid groups (broad SMARTS) is 1. The van der Waals surface area contributed by atoms with Crippen molar-refractivity contribution >= 4 is 40.1 Å². The van der Waals surface area contributed by atoms with Crippen LogP contribution >= 0.6 is 0 Å². The summed E-state index contributed by atoms with van der Waals surface area (Å²) in [5.41, 5.74) is 3.39. The van der Waals surface area contributed by atoms with Crippen LogP contribution in [0.4, 0.5) is 39.5 Å². The van der Waals surface area contributed by atoms with Gasteiger partial charge in [-0.3, -0.25) is 9.58 Å². The van der Waals surface area contributed by atoms with Crippen molar-refractivity contribution < 1.29 is 32.3 Å². The quantitative estimate of drug-likeness (QED) is 0.443. The maximum Gasteiger partial charge on any atom is 0.490 e. The molecule has 2 aromatic heterocycles. The van der Waals surface area contributed by atoms with Gasteiger partial charge in [-0.2, -0.15) is 18.3 Å². The number of hydrogen-bond acceptors (Lipinski definition) is 6.